The molecular formula is C12H14FN. The topological polar surface area (TPSA) is 12.0 Å². The molecule has 0 bridgehead atoms. The molecule has 1 atom stereocenters. The van der Waals surface area contributed by atoms with Crippen LogP contribution in [-0.4, -0.2) is 12.6 Å². The first kappa shape index (κ1) is 10.7. The van der Waals surface area contributed by atoms with Gasteiger partial charge in [-0.3, -0.25) is 0 Å². The van der Waals surface area contributed by atoms with E-state index in [2.05, 4.69) is 11.2 Å². The average Bonchev–Trinajstić information content (AvgIpc) is 2.17. The molecule has 74 valence electrons. The minimum atomic E-state index is -0.188. The largest absolute Gasteiger partial charge is 0.304 e. The molecule has 1 aromatic carbocycles. The van der Waals surface area contributed by atoms with Gasteiger partial charge in [-0.1, -0.05) is 18.1 Å². The third-order valence-corrected chi connectivity index (χ3v) is 2.00. The SMILES string of the molecule is C#CC(C)NCCc1cccc(F)c1. The summed E-state index contributed by atoms with van der Waals surface area (Å²) in [4.78, 5) is 0. The van der Waals surface area contributed by atoms with Gasteiger partial charge in [-0.15, -0.1) is 6.42 Å². The van der Waals surface area contributed by atoms with Gasteiger partial charge in [0.25, 0.3) is 0 Å². The molecule has 0 saturated carbocycles. The molecule has 2 heteroatoms. The van der Waals surface area contributed by atoms with E-state index >= 15 is 0 Å². The predicted molar refractivity (Wildman–Crippen MR) is 56.4 cm³/mol. The molecule has 0 saturated heterocycles. The summed E-state index contributed by atoms with van der Waals surface area (Å²) < 4.78 is 12.8. The van der Waals surface area contributed by atoms with Crippen molar-refractivity contribution in [3.05, 3.63) is 35.6 Å². The Morgan fingerprint density at radius 1 is 1.57 bits per heavy atom. The van der Waals surface area contributed by atoms with Crippen LogP contribution in [0.25, 0.3) is 0 Å². The lowest BCUT2D eigenvalue weighted by Gasteiger charge is -2.06. The highest BCUT2D eigenvalue weighted by atomic mass is 19.1. The fourth-order valence-corrected chi connectivity index (χ4v) is 1.18. The fourth-order valence-electron chi connectivity index (χ4n) is 1.18. The van der Waals surface area contributed by atoms with Crippen LogP contribution in [0.15, 0.2) is 24.3 Å². The van der Waals surface area contributed by atoms with E-state index in [-0.39, 0.29) is 11.9 Å². The average molecular weight is 191 g/mol. The lowest BCUT2D eigenvalue weighted by Crippen LogP contribution is -2.26. The zero-order valence-corrected chi connectivity index (χ0v) is 8.26. The Morgan fingerprint density at radius 2 is 2.36 bits per heavy atom. The highest BCUT2D eigenvalue weighted by Gasteiger charge is 1.97. The molecule has 1 unspecified atom stereocenters. The number of nitrogens with one attached hydrogen (secondary N) is 1. The van der Waals surface area contributed by atoms with E-state index in [9.17, 15) is 4.39 Å². The van der Waals surface area contributed by atoms with Crippen molar-refractivity contribution in [2.24, 2.45) is 0 Å². The molecule has 0 aromatic heterocycles. The van der Waals surface area contributed by atoms with Crippen LogP contribution >= 0.6 is 0 Å². The van der Waals surface area contributed by atoms with E-state index in [0.29, 0.717) is 0 Å². The van der Waals surface area contributed by atoms with Crippen molar-refractivity contribution in [2.75, 3.05) is 6.54 Å². The molecule has 1 rings (SSSR count). The molecule has 14 heavy (non-hydrogen) atoms. The lowest BCUT2D eigenvalue weighted by atomic mass is 10.1. The Kier molecular flexibility index (Phi) is 4.15. The number of terminal acetylenes is 1. The highest BCUT2D eigenvalue weighted by molar-refractivity contribution is 5.16. The van der Waals surface area contributed by atoms with Crippen LogP contribution in [0, 0.1) is 18.2 Å². The highest BCUT2D eigenvalue weighted by Crippen LogP contribution is 2.03. The van der Waals surface area contributed by atoms with Crippen molar-refractivity contribution in [3.8, 4) is 12.3 Å². The number of hydrogen-bond donors (Lipinski definition) is 1. The summed E-state index contributed by atoms with van der Waals surface area (Å²) in [6.07, 6.45) is 6.00. The first-order chi connectivity index (χ1) is 6.72. The molecule has 0 heterocycles. The summed E-state index contributed by atoms with van der Waals surface area (Å²) in [6, 6.07) is 6.69. The van der Waals surface area contributed by atoms with Crippen LogP contribution in [0.3, 0.4) is 0 Å². The fraction of sp³-hybridized carbons (Fsp3) is 0.333. The summed E-state index contributed by atoms with van der Waals surface area (Å²) in [6.45, 7) is 2.69. The molecule has 0 radical (unpaired) electrons. The van der Waals surface area contributed by atoms with E-state index in [1.165, 1.54) is 6.07 Å². The Hall–Kier alpha value is -1.33. The Labute approximate surface area is 84.3 Å². The van der Waals surface area contributed by atoms with Gasteiger partial charge in [0.1, 0.15) is 5.82 Å². The standard InChI is InChI=1S/C12H14FN/c1-3-10(2)14-8-7-11-5-4-6-12(13)9-11/h1,4-6,9-10,14H,7-8H2,2H3. The monoisotopic (exact) mass is 191 g/mol. The van der Waals surface area contributed by atoms with Crippen molar-refractivity contribution in [1.29, 1.82) is 0 Å². The van der Waals surface area contributed by atoms with Crippen molar-refractivity contribution >= 4 is 0 Å². The van der Waals surface area contributed by atoms with E-state index in [1.54, 1.807) is 12.1 Å². The maximum Gasteiger partial charge on any atom is 0.123 e. The number of hydrogen-bond acceptors (Lipinski definition) is 1. The number of benzene rings is 1. The van der Waals surface area contributed by atoms with E-state index < -0.39 is 0 Å². The second-order valence-electron chi connectivity index (χ2n) is 3.22. The Morgan fingerprint density at radius 3 is 3.00 bits per heavy atom. The molecule has 1 nitrogen and oxygen atoms in total. The number of halogens is 1. The summed E-state index contributed by atoms with van der Waals surface area (Å²) in [5.74, 6) is 2.39. The van der Waals surface area contributed by atoms with Gasteiger partial charge >= 0.3 is 0 Å². The van der Waals surface area contributed by atoms with Crippen molar-refractivity contribution in [1.82, 2.24) is 5.32 Å². The van der Waals surface area contributed by atoms with Crippen molar-refractivity contribution in [3.63, 3.8) is 0 Å². The van der Waals surface area contributed by atoms with Crippen LogP contribution in [-0.2, 0) is 6.42 Å². The molecule has 1 aromatic rings. The van der Waals surface area contributed by atoms with E-state index in [0.717, 1.165) is 18.5 Å². The summed E-state index contributed by atoms with van der Waals surface area (Å²) >= 11 is 0. The predicted octanol–water partition coefficient (Wildman–Crippen LogP) is 1.98. The molecule has 0 aliphatic heterocycles. The second-order valence-corrected chi connectivity index (χ2v) is 3.22. The third-order valence-electron chi connectivity index (χ3n) is 2.00. The van der Waals surface area contributed by atoms with Gasteiger partial charge in [-0.2, -0.15) is 0 Å². The normalized spacial score (nSPS) is 12.1. The van der Waals surface area contributed by atoms with Gasteiger partial charge in [-0.05, 0) is 31.0 Å². The molecule has 0 spiro atoms. The summed E-state index contributed by atoms with van der Waals surface area (Å²) in [7, 11) is 0. The summed E-state index contributed by atoms with van der Waals surface area (Å²) in [5, 5.41) is 3.14. The van der Waals surface area contributed by atoms with Crippen molar-refractivity contribution in [2.45, 2.75) is 19.4 Å². The quantitative estimate of drug-likeness (QED) is 0.717. The number of rotatable bonds is 4. The van der Waals surface area contributed by atoms with Crippen LogP contribution in [0.1, 0.15) is 12.5 Å². The van der Waals surface area contributed by atoms with Crippen molar-refractivity contribution < 1.29 is 4.39 Å². The smallest absolute Gasteiger partial charge is 0.123 e. The molecule has 1 N–H and O–H groups in total. The van der Waals surface area contributed by atoms with Crippen LogP contribution in [0.5, 0.6) is 0 Å². The first-order valence-corrected chi connectivity index (χ1v) is 4.66. The Balaban J connectivity index is 2.36. The van der Waals surface area contributed by atoms with Gasteiger partial charge in [0.15, 0.2) is 0 Å². The van der Waals surface area contributed by atoms with Gasteiger partial charge in [0, 0.05) is 6.54 Å². The molecular weight excluding hydrogens is 177 g/mol. The van der Waals surface area contributed by atoms with Gasteiger partial charge < -0.3 is 5.32 Å². The van der Waals surface area contributed by atoms with E-state index in [1.807, 2.05) is 13.0 Å². The maximum atomic E-state index is 12.8. The van der Waals surface area contributed by atoms with Gasteiger partial charge in [0.05, 0.1) is 6.04 Å². The van der Waals surface area contributed by atoms with Crippen LogP contribution < -0.4 is 5.32 Å². The minimum Gasteiger partial charge on any atom is -0.304 e. The molecule has 0 amide bonds. The lowest BCUT2D eigenvalue weighted by molar-refractivity contribution is 0.619. The summed E-state index contributed by atoms with van der Waals surface area (Å²) in [5.41, 5.74) is 0.988. The second kappa shape index (κ2) is 5.41. The van der Waals surface area contributed by atoms with Crippen LogP contribution in [0.4, 0.5) is 4.39 Å². The molecule has 0 aliphatic rings. The zero-order valence-electron chi connectivity index (χ0n) is 8.26. The first-order valence-electron chi connectivity index (χ1n) is 4.66. The molecule has 0 aliphatic carbocycles. The third kappa shape index (κ3) is 3.59. The maximum absolute atomic E-state index is 12.8. The van der Waals surface area contributed by atoms with E-state index in [4.69, 9.17) is 6.42 Å². The van der Waals surface area contributed by atoms with Crippen LogP contribution in [0.2, 0.25) is 0 Å². The zero-order chi connectivity index (χ0) is 10.4. The minimum absolute atomic E-state index is 0.0727. The van der Waals surface area contributed by atoms with Gasteiger partial charge in [-0.25, -0.2) is 4.39 Å². The molecule has 0 fully saturated rings. The van der Waals surface area contributed by atoms with Gasteiger partial charge in [0.2, 0.25) is 0 Å². The Bertz CT molecular complexity index is 327.